The Labute approximate surface area is 192 Å². The number of rotatable bonds is 7. The highest BCUT2D eigenvalue weighted by Gasteiger charge is 2.30. The fraction of sp³-hybridized carbons (Fsp3) is 0.240. The molecule has 1 aliphatic heterocycles. The lowest BCUT2D eigenvalue weighted by Gasteiger charge is -2.20. The van der Waals surface area contributed by atoms with Gasteiger partial charge in [-0.1, -0.05) is 18.2 Å². The molecule has 2 aromatic carbocycles. The summed E-state index contributed by atoms with van der Waals surface area (Å²) in [4.78, 5) is 24.7. The molecule has 8 nitrogen and oxygen atoms in total. The van der Waals surface area contributed by atoms with E-state index in [1.54, 1.807) is 13.1 Å². The number of hydrogen-bond acceptors (Lipinski definition) is 6. The third-order valence-electron chi connectivity index (χ3n) is 5.83. The quantitative estimate of drug-likeness (QED) is 0.141. The molecular weight excluding hydrogens is 416 g/mol. The number of aryl methyl sites for hydroxylation is 1. The van der Waals surface area contributed by atoms with Gasteiger partial charge in [-0.2, -0.15) is 0 Å². The van der Waals surface area contributed by atoms with Gasteiger partial charge < -0.3 is 21.4 Å². The lowest BCUT2D eigenvalue weighted by atomic mass is 9.98. The van der Waals surface area contributed by atoms with Gasteiger partial charge in [-0.15, -0.1) is 0 Å². The minimum absolute atomic E-state index is 0.0984. The summed E-state index contributed by atoms with van der Waals surface area (Å²) >= 11 is 0. The van der Waals surface area contributed by atoms with Gasteiger partial charge >= 0.3 is 0 Å². The van der Waals surface area contributed by atoms with Gasteiger partial charge in [0.2, 0.25) is 5.91 Å². The summed E-state index contributed by atoms with van der Waals surface area (Å²) in [6, 6.07) is 11.7. The third-order valence-corrected chi connectivity index (χ3v) is 5.83. The van der Waals surface area contributed by atoms with Crippen molar-refractivity contribution in [2.75, 3.05) is 12.1 Å². The van der Waals surface area contributed by atoms with Gasteiger partial charge in [-0.05, 0) is 71.2 Å². The number of hydrogen-bond donors (Lipinski definition) is 5. The topological polar surface area (TPSA) is 123 Å². The highest BCUT2D eigenvalue weighted by molar-refractivity contribution is 6.17. The van der Waals surface area contributed by atoms with Crippen LogP contribution in [0.15, 0.2) is 48.2 Å². The number of nitrogens with two attached hydrogens (primary N) is 1. The van der Waals surface area contributed by atoms with E-state index in [4.69, 9.17) is 11.3 Å². The minimum Gasteiger partial charge on any atom is -0.393 e. The number of fused-ring (bicyclic) bond motifs is 1. The molecule has 6 N–H and O–H groups in total. The van der Waals surface area contributed by atoms with E-state index in [0.29, 0.717) is 5.69 Å². The van der Waals surface area contributed by atoms with Crippen molar-refractivity contribution in [3.8, 4) is 11.1 Å². The first-order chi connectivity index (χ1) is 15.9. The van der Waals surface area contributed by atoms with Gasteiger partial charge in [0.1, 0.15) is 6.17 Å². The molecule has 0 aromatic heterocycles. The zero-order chi connectivity index (χ0) is 23.5. The van der Waals surface area contributed by atoms with Crippen LogP contribution >= 0.6 is 0 Å². The average molecular weight is 445 g/mol. The molecule has 2 aliphatic rings. The largest absolute Gasteiger partial charge is 0.393 e. The Kier molecular flexibility index (Phi) is 6.28. The normalized spacial score (nSPS) is 16.9. The van der Waals surface area contributed by atoms with Crippen molar-refractivity contribution < 1.29 is 9.59 Å². The van der Waals surface area contributed by atoms with Crippen molar-refractivity contribution in [3.63, 3.8) is 0 Å². The summed E-state index contributed by atoms with van der Waals surface area (Å²) in [6.07, 6.45) is 8.06. The smallest absolute Gasteiger partial charge is 0.275 e. The number of anilines is 1. The third kappa shape index (κ3) is 4.80. The summed E-state index contributed by atoms with van der Waals surface area (Å²) in [6.45, 7) is 2.00. The highest BCUT2D eigenvalue weighted by Crippen LogP contribution is 2.29. The van der Waals surface area contributed by atoms with E-state index in [2.05, 4.69) is 22.0 Å². The molecular formula is C25H28N6O2. The first-order valence-electron chi connectivity index (χ1n) is 10.9. The lowest BCUT2D eigenvalue weighted by molar-refractivity contribution is -0.122. The summed E-state index contributed by atoms with van der Waals surface area (Å²) < 4.78 is 0. The second-order valence-electron chi connectivity index (χ2n) is 8.29. The molecule has 8 heteroatoms. The summed E-state index contributed by atoms with van der Waals surface area (Å²) in [5.74, 6) is 5.87. The van der Waals surface area contributed by atoms with Crippen LogP contribution in [0.25, 0.3) is 23.4 Å². The second-order valence-corrected chi connectivity index (χ2v) is 8.29. The Morgan fingerprint density at radius 3 is 2.67 bits per heavy atom. The molecule has 0 spiro atoms. The van der Waals surface area contributed by atoms with Crippen molar-refractivity contribution in [2.24, 2.45) is 11.8 Å². The number of hydrazine groups is 1. The maximum atomic E-state index is 12.6. The molecule has 1 saturated carbocycles. The first kappa shape index (κ1) is 22.3. The molecule has 0 saturated heterocycles. The number of carbonyl (C=O) groups is 2. The molecule has 0 radical (unpaired) electrons. The van der Waals surface area contributed by atoms with E-state index < -0.39 is 5.91 Å². The Hall–Kier alpha value is -3.91. The van der Waals surface area contributed by atoms with E-state index in [0.717, 1.165) is 51.2 Å². The number of nitrogens with zero attached hydrogens (tertiary/aromatic N) is 1. The van der Waals surface area contributed by atoms with Crippen molar-refractivity contribution in [3.05, 3.63) is 64.2 Å². The van der Waals surface area contributed by atoms with Crippen LogP contribution in [0.3, 0.4) is 0 Å². The molecule has 1 heterocycles. The minimum atomic E-state index is -0.481. The van der Waals surface area contributed by atoms with E-state index in [1.165, 1.54) is 6.20 Å². The maximum absolute atomic E-state index is 12.6. The van der Waals surface area contributed by atoms with Gasteiger partial charge in [-0.3, -0.25) is 9.59 Å². The molecule has 2 amide bonds. The van der Waals surface area contributed by atoms with Crippen LogP contribution in [0.5, 0.6) is 0 Å². The molecule has 1 atom stereocenters. The van der Waals surface area contributed by atoms with Gasteiger partial charge in [0, 0.05) is 31.6 Å². The Morgan fingerprint density at radius 2 is 1.97 bits per heavy atom. The standard InChI is InChI=1S/C25H28N6O2/c1-15-3-8-21(31(27)25(33)20(12-26)13-28-2)11-22(15)18-7-6-17-10-23(29-14-19(17)9-18)30-24(32)16-4-5-16/h3,6-14,16,23,26,28-29H,4-5,27H2,1-2H3,(H,30,32)/b20-13+,26-12?. The summed E-state index contributed by atoms with van der Waals surface area (Å²) in [5.41, 5.74) is 3.65. The van der Waals surface area contributed by atoms with Crippen LogP contribution in [-0.2, 0) is 9.59 Å². The fourth-order valence-corrected chi connectivity index (χ4v) is 3.77. The van der Waals surface area contributed by atoms with Gasteiger partial charge in [0.05, 0.1) is 11.3 Å². The molecule has 170 valence electrons. The summed E-state index contributed by atoms with van der Waals surface area (Å²) in [7, 11) is 1.66. The van der Waals surface area contributed by atoms with E-state index in [1.807, 2.05) is 43.5 Å². The predicted octanol–water partition coefficient (Wildman–Crippen LogP) is 0.596. The van der Waals surface area contributed by atoms with Gasteiger partial charge in [0.25, 0.3) is 5.91 Å². The van der Waals surface area contributed by atoms with E-state index in [9.17, 15) is 9.59 Å². The Balaban J connectivity index is 1.61. The average Bonchev–Trinajstić information content (AvgIpc) is 3.67. The Bertz CT molecular complexity index is 1260. The second kappa shape index (κ2) is 9.30. The van der Waals surface area contributed by atoms with Crippen LogP contribution in [0.2, 0.25) is 0 Å². The molecule has 1 unspecified atom stereocenters. The number of amides is 2. The van der Waals surface area contributed by atoms with Crippen molar-refractivity contribution >= 4 is 36.0 Å². The number of benzene rings is 2. The molecule has 4 rings (SSSR count). The zero-order valence-corrected chi connectivity index (χ0v) is 18.7. The first-order valence-corrected chi connectivity index (χ1v) is 10.9. The highest BCUT2D eigenvalue weighted by atomic mass is 16.2. The number of nitrogens with one attached hydrogen (secondary N) is 4. The Morgan fingerprint density at radius 1 is 1.18 bits per heavy atom. The van der Waals surface area contributed by atoms with Gasteiger partial charge in [-0.25, -0.2) is 10.9 Å². The fourth-order valence-electron chi connectivity index (χ4n) is 3.77. The van der Waals surface area contributed by atoms with Gasteiger partial charge in [0.15, 0.2) is 0 Å². The van der Waals surface area contributed by atoms with Crippen LogP contribution in [0.1, 0.15) is 18.4 Å². The predicted molar refractivity (Wildman–Crippen MR) is 130 cm³/mol. The molecule has 2 aromatic rings. The van der Waals surface area contributed by atoms with Crippen LogP contribution in [0.4, 0.5) is 5.69 Å². The van der Waals surface area contributed by atoms with E-state index >= 15 is 0 Å². The van der Waals surface area contributed by atoms with Crippen LogP contribution in [0, 0.1) is 18.3 Å². The van der Waals surface area contributed by atoms with Crippen molar-refractivity contribution in [2.45, 2.75) is 25.9 Å². The molecule has 1 aliphatic carbocycles. The van der Waals surface area contributed by atoms with E-state index in [-0.39, 0.29) is 23.6 Å². The number of carbonyl (C=O) groups excluding carboxylic acids is 2. The SMILES string of the molecule is CN/C=C(\C=N)C(=O)N(N)c1ccc(C)c(-c2ccc3c(c2)=CNC(NC(=O)C2CC2)C=3)c1. The zero-order valence-electron chi connectivity index (χ0n) is 18.7. The summed E-state index contributed by atoms with van der Waals surface area (Å²) in [5, 5.41) is 19.6. The molecule has 33 heavy (non-hydrogen) atoms. The molecule has 0 bridgehead atoms. The van der Waals surface area contributed by atoms with Crippen LogP contribution in [-0.4, -0.2) is 31.2 Å². The molecule has 1 fully saturated rings. The van der Waals surface area contributed by atoms with Crippen molar-refractivity contribution in [1.29, 1.82) is 5.41 Å². The lowest BCUT2D eigenvalue weighted by Crippen LogP contribution is -2.48. The van der Waals surface area contributed by atoms with Crippen LogP contribution < -0.4 is 37.2 Å². The monoisotopic (exact) mass is 444 g/mol. The van der Waals surface area contributed by atoms with Crippen molar-refractivity contribution in [1.82, 2.24) is 16.0 Å². The maximum Gasteiger partial charge on any atom is 0.275 e.